The van der Waals surface area contributed by atoms with Gasteiger partial charge in [-0.15, -0.1) is 0 Å². The molecule has 1 aromatic heterocycles. The fraction of sp³-hybridized carbons (Fsp3) is 0.526. The van der Waals surface area contributed by atoms with Crippen molar-refractivity contribution in [1.82, 2.24) is 19.2 Å². The van der Waals surface area contributed by atoms with Crippen LogP contribution in [0.4, 0.5) is 0 Å². The predicted octanol–water partition coefficient (Wildman–Crippen LogP) is 1.95. The molecule has 2 fully saturated rings. The molecule has 0 atom stereocenters. The van der Waals surface area contributed by atoms with Gasteiger partial charge in [-0.3, -0.25) is 9.36 Å². The van der Waals surface area contributed by atoms with E-state index in [4.69, 9.17) is 4.74 Å². The number of likely N-dealkylation sites (tertiary alicyclic amines) is 1. The molecule has 0 radical (unpaired) electrons. The number of nitrogens with zero attached hydrogens (tertiary/aromatic N) is 4. The highest BCUT2D eigenvalue weighted by atomic mass is 16.5. The smallest absolute Gasteiger partial charge is 0.345 e. The standard InChI is InChI=1S/C19H24N4O3/c1-21-19(25)23(15-5-6-15)17(20-21)13-9-11-22(12-10-13)18(24)14-3-7-16(26-2)8-4-14/h3-4,7-8,13,15H,5-6,9-12H2,1-2H3. The maximum absolute atomic E-state index is 12.7. The van der Waals surface area contributed by atoms with Crippen molar-refractivity contribution in [3.63, 3.8) is 0 Å². The molecule has 4 rings (SSSR count). The molecule has 1 amide bonds. The lowest BCUT2D eigenvalue weighted by molar-refractivity contribution is 0.0710. The molecule has 1 aromatic carbocycles. The van der Waals surface area contributed by atoms with E-state index in [1.54, 1.807) is 26.3 Å². The molecule has 2 aromatic rings. The van der Waals surface area contributed by atoms with Crippen LogP contribution in [0.3, 0.4) is 0 Å². The Morgan fingerprint density at radius 2 is 1.77 bits per heavy atom. The van der Waals surface area contributed by atoms with Crippen molar-refractivity contribution in [2.45, 2.75) is 37.6 Å². The largest absolute Gasteiger partial charge is 0.497 e. The van der Waals surface area contributed by atoms with Gasteiger partial charge in [0.1, 0.15) is 11.6 Å². The first-order valence-electron chi connectivity index (χ1n) is 9.17. The van der Waals surface area contributed by atoms with Crippen molar-refractivity contribution >= 4 is 5.91 Å². The van der Waals surface area contributed by atoms with Crippen molar-refractivity contribution in [1.29, 1.82) is 0 Å². The summed E-state index contributed by atoms with van der Waals surface area (Å²) >= 11 is 0. The van der Waals surface area contributed by atoms with Crippen LogP contribution in [0.15, 0.2) is 29.1 Å². The Morgan fingerprint density at radius 3 is 2.35 bits per heavy atom. The molecular formula is C19H24N4O3. The van der Waals surface area contributed by atoms with Crippen molar-refractivity contribution in [3.05, 3.63) is 46.1 Å². The van der Waals surface area contributed by atoms with E-state index in [1.165, 1.54) is 4.68 Å². The Morgan fingerprint density at radius 1 is 1.12 bits per heavy atom. The number of rotatable bonds is 4. The van der Waals surface area contributed by atoms with Gasteiger partial charge < -0.3 is 9.64 Å². The SMILES string of the molecule is COc1ccc(C(=O)N2CCC(c3nn(C)c(=O)n3C3CC3)CC2)cc1. The number of carbonyl (C=O) groups excluding carboxylic acids is 1. The van der Waals surface area contributed by atoms with E-state index < -0.39 is 0 Å². The summed E-state index contributed by atoms with van der Waals surface area (Å²) in [5.74, 6) is 1.93. The van der Waals surface area contributed by atoms with E-state index in [9.17, 15) is 9.59 Å². The minimum Gasteiger partial charge on any atom is -0.497 e. The van der Waals surface area contributed by atoms with E-state index in [0.717, 1.165) is 37.3 Å². The summed E-state index contributed by atoms with van der Waals surface area (Å²) in [5.41, 5.74) is 0.663. The lowest BCUT2D eigenvalue weighted by Crippen LogP contribution is -2.38. The summed E-state index contributed by atoms with van der Waals surface area (Å²) in [6.07, 6.45) is 3.80. The number of piperidine rings is 1. The Kier molecular flexibility index (Phi) is 4.30. The average Bonchev–Trinajstić information content (AvgIpc) is 3.47. The van der Waals surface area contributed by atoms with Crippen LogP contribution in [-0.2, 0) is 7.05 Å². The molecule has 1 aliphatic heterocycles. The third-order valence-electron chi connectivity index (χ3n) is 5.38. The number of benzene rings is 1. The summed E-state index contributed by atoms with van der Waals surface area (Å²) in [7, 11) is 3.33. The number of hydrogen-bond acceptors (Lipinski definition) is 4. The second-order valence-electron chi connectivity index (χ2n) is 7.16. The topological polar surface area (TPSA) is 69.4 Å². The van der Waals surface area contributed by atoms with Gasteiger partial charge in [0.15, 0.2) is 0 Å². The molecule has 2 aliphatic rings. The Hall–Kier alpha value is -2.57. The van der Waals surface area contributed by atoms with Gasteiger partial charge in [0, 0.05) is 37.7 Å². The maximum atomic E-state index is 12.7. The fourth-order valence-corrected chi connectivity index (χ4v) is 3.71. The molecule has 0 bridgehead atoms. The Balaban J connectivity index is 1.45. The normalized spacial score (nSPS) is 18.2. The summed E-state index contributed by atoms with van der Waals surface area (Å²) in [5, 5.41) is 4.49. The van der Waals surface area contributed by atoms with Crippen LogP contribution in [0.1, 0.15) is 53.8 Å². The molecule has 0 spiro atoms. The fourth-order valence-electron chi connectivity index (χ4n) is 3.71. The molecule has 7 heteroatoms. The van der Waals surface area contributed by atoms with Crippen LogP contribution in [0.25, 0.3) is 0 Å². The molecule has 0 unspecified atom stereocenters. The molecule has 1 aliphatic carbocycles. The van der Waals surface area contributed by atoms with Crippen LogP contribution in [-0.4, -0.2) is 45.4 Å². The second-order valence-corrected chi connectivity index (χ2v) is 7.16. The summed E-state index contributed by atoms with van der Waals surface area (Å²) in [6.45, 7) is 1.37. The molecule has 1 saturated heterocycles. The third-order valence-corrected chi connectivity index (χ3v) is 5.38. The molecule has 2 heterocycles. The van der Waals surface area contributed by atoms with Gasteiger partial charge in [-0.05, 0) is 49.9 Å². The van der Waals surface area contributed by atoms with E-state index in [1.807, 2.05) is 21.6 Å². The van der Waals surface area contributed by atoms with Gasteiger partial charge in [-0.1, -0.05) is 0 Å². The first-order valence-corrected chi connectivity index (χ1v) is 9.17. The van der Waals surface area contributed by atoms with Crippen LogP contribution < -0.4 is 10.4 Å². The number of carbonyl (C=O) groups is 1. The van der Waals surface area contributed by atoms with Gasteiger partial charge in [0.05, 0.1) is 7.11 Å². The first kappa shape index (κ1) is 16.9. The zero-order chi connectivity index (χ0) is 18.3. The van der Waals surface area contributed by atoms with Gasteiger partial charge in [-0.2, -0.15) is 5.10 Å². The van der Waals surface area contributed by atoms with Gasteiger partial charge in [0.2, 0.25) is 0 Å². The highest BCUT2D eigenvalue weighted by molar-refractivity contribution is 5.94. The van der Waals surface area contributed by atoms with Gasteiger partial charge in [-0.25, -0.2) is 9.48 Å². The maximum Gasteiger partial charge on any atom is 0.345 e. The highest BCUT2D eigenvalue weighted by Crippen LogP contribution is 2.37. The molecule has 1 saturated carbocycles. The molecule has 138 valence electrons. The van der Waals surface area contributed by atoms with Gasteiger partial charge >= 0.3 is 5.69 Å². The van der Waals surface area contributed by atoms with E-state index in [-0.39, 0.29) is 17.5 Å². The minimum atomic E-state index is -0.0146. The molecule has 26 heavy (non-hydrogen) atoms. The van der Waals surface area contributed by atoms with Crippen LogP contribution in [0.2, 0.25) is 0 Å². The number of amides is 1. The lowest BCUT2D eigenvalue weighted by Gasteiger charge is -2.31. The van der Waals surface area contributed by atoms with E-state index in [2.05, 4.69) is 5.10 Å². The summed E-state index contributed by atoms with van der Waals surface area (Å²) in [4.78, 5) is 26.9. The summed E-state index contributed by atoms with van der Waals surface area (Å²) in [6, 6.07) is 7.54. The first-order chi connectivity index (χ1) is 12.6. The quantitative estimate of drug-likeness (QED) is 0.840. The van der Waals surface area contributed by atoms with Crippen LogP contribution in [0.5, 0.6) is 5.75 Å². The van der Waals surface area contributed by atoms with Crippen LogP contribution in [0, 0.1) is 0 Å². The predicted molar refractivity (Wildman–Crippen MR) is 96.6 cm³/mol. The number of methoxy groups -OCH3 is 1. The van der Waals surface area contributed by atoms with E-state index >= 15 is 0 Å². The Labute approximate surface area is 152 Å². The monoisotopic (exact) mass is 356 g/mol. The van der Waals surface area contributed by atoms with E-state index in [0.29, 0.717) is 24.7 Å². The summed E-state index contributed by atoms with van der Waals surface area (Å²) < 4.78 is 8.47. The van der Waals surface area contributed by atoms with Crippen molar-refractivity contribution < 1.29 is 9.53 Å². The molecular weight excluding hydrogens is 332 g/mol. The zero-order valence-electron chi connectivity index (χ0n) is 15.2. The number of aromatic nitrogens is 3. The minimum absolute atomic E-state index is 0.0146. The molecule has 0 N–H and O–H groups in total. The zero-order valence-corrected chi connectivity index (χ0v) is 15.2. The number of hydrogen-bond donors (Lipinski definition) is 0. The Bertz CT molecular complexity index is 856. The van der Waals surface area contributed by atoms with Crippen LogP contribution >= 0.6 is 0 Å². The van der Waals surface area contributed by atoms with Crippen molar-refractivity contribution in [3.8, 4) is 5.75 Å². The van der Waals surface area contributed by atoms with Crippen molar-refractivity contribution in [2.75, 3.05) is 20.2 Å². The lowest BCUT2D eigenvalue weighted by atomic mass is 9.95. The van der Waals surface area contributed by atoms with Gasteiger partial charge in [0.25, 0.3) is 5.91 Å². The highest BCUT2D eigenvalue weighted by Gasteiger charge is 2.34. The number of aryl methyl sites for hydroxylation is 1. The van der Waals surface area contributed by atoms with Crippen molar-refractivity contribution in [2.24, 2.45) is 7.05 Å². The average molecular weight is 356 g/mol. The number of ether oxygens (including phenoxy) is 1. The third kappa shape index (κ3) is 3.02. The molecule has 7 nitrogen and oxygen atoms in total. The second kappa shape index (κ2) is 6.63.